The van der Waals surface area contributed by atoms with Crippen LogP contribution in [0.1, 0.15) is 30.4 Å². The second kappa shape index (κ2) is 9.28. The summed E-state index contributed by atoms with van der Waals surface area (Å²) in [6.07, 6.45) is -1.01. The predicted octanol–water partition coefficient (Wildman–Crippen LogP) is -2.48. The average Bonchev–Trinajstić information content (AvgIpc) is 2.82. The van der Waals surface area contributed by atoms with Crippen LogP contribution in [0.4, 0.5) is 0 Å². The summed E-state index contributed by atoms with van der Waals surface area (Å²) in [5.41, 5.74) is 0.312. The quantitative estimate of drug-likeness (QED) is 0.403. The summed E-state index contributed by atoms with van der Waals surface area (Å²) in [5, 5.41) is 37.6. The lowest BCUT2D eigenvalue weighted by atomic mass is 10.1. The van der Waals surface area contributed by atoms with Crippen molar-refractivity contribution in [2.45, 2.75) is 38.4 Å². The number of hydrogen-bond acceptors (Lipinski definition) is 8. The van der Waals surface area contributed by atoms with Crippen LogP contribution in [0, 0.1) is 0 Å². The Morgan fingerprint density at radius 1 is 1.38 bits per heavy atom. The van der Waals surface area contributed by atoms with Crippen LogP contribution in [0.25, 0.3) is 0 Å². The van der Waals surface area contributed by atoms with Crippen LogP contribution in [0.3, 0.4) is 0 Å². The summed E-state index contributed by atoms with van der Waals surface area (Å²) in [5.74, 6) is -1.56. The summed E-state index contributed by atoms with van der Waals surface area (Å²) in [6.45, 7) is 2.55. The number of rotatable bonds is 4. The van der Waals surface area contributed by atoms with Crippen molar-refractivity contribution >= 4 is 11.9 Å². The fourth-order valence-electron chi connectivity index (χ4n) is 2.11. The van der Waals surface area contributed by atoms with Gasteiger partial charge in [0.2, 0.25) is 0 Å². The summed E-state index contributed by atoms with van der Waals surface area (Å²) >= 11 is 0. The van der Waals surface area contributed by atoms with E-state index in [0.717, 1.165) is 6.92 Å². The monoisotopic (exact) mass is 343 g/mol. The maximum atomic E-state index is 11.6. The first-order chi connectivity index (χ1) is 11.3. The van der Waals surface area contributed by atoms with Gasteiger partial charge in [0, 0.05) is 12.0 Å². The molecular weight excluding hydrogens is 322 g/mol. The Labute approximate surface area is 138 Å². The molecule has 1 aliphatic rings. The Kier molecular flexibility index (Phi) is 7.72. The number of aliphatic hydroxyl groups is 3. The second-order valence-corrected chi connectivity index (χ2v) is 4.98. The molecule has 1 fully saturated rings. The van der Waals surface area contributed by atoms with Crippen molar-refractivity contribution in [3.05, 3.63) is 30.1 Å². The third-order valence-electron chi connectivity index (χ3n) is 3.14. The number of carboxylic acid groups (broad SMARTS) is 1. The summed E-state index contributed by atoms with van der Waals surface area (Å²) in [6, 6.07) is 3.19. The number of aromatic nitrogens is 1. The van der Waals surface area contributed by atoms with E-state index in [2.05, 4.69) is 0 Å². The summed E-state index contributed by atoms with van der Waals surface area (Å²) in [4.78, 5) is 20.5. The zero-order valence-electron chi connectivity index (χ0n) is 13.4. The van der Waals surface area contributed by atoms with Crippen molar-refractivity contribution in [2.24, 2.45) is 0 Å². The van der Waals surface area contributed by atoms with E-state index in [1.807, 2.05) is 0 Å². The van der Waals surface area contributed by atoms with Gasteiger partial charge in [-0.3, -0.25) is 0 Å². The number of carboxylic acids is 1. The van der Waals surface area contributed by atoms with E-state index in [1.54, 1.807) is 25.3 Å². The molecule has 3 N–H and O–H groups in total. The molecule has 9 heteroatoms. The van der Waals surface area contributed by atoms with Gasteiger partial charge in [-0.1, -0.05) is 0 Å². The number of esters is 1. The maximum Gasteiger partial charge on any atom is 0.344 e. The fraction of sp³-hybridized carbons (Fsp3) is 0.533. The molecule has 134 valence electrons. The van der Waals surface area contributed by atoms with Crippen LogP contribution in [0.5, 0.6) is 0 Å². The van der Waals surface area contributed by atoms with E-state index in [-0.39, 0.29) is 6.61 Å². The van der Waals surface area contributed by atoms with Crippen molar-refractivity contribution in [2.75, 3.05) is 13.2 Å². The van der Waals surface area contributed by atoms with Crippen molar-refractivity contribution < 1.29 is 44.1 Å². The zero-order chi connectivity index (χ0) is 18.3. The normalized spacial score (nSPS) is 25.5. The molecule has 1 saturated heterocycles. The van der Waals surface area contributed by atoms with Crippen molar-refractivity contribution in [1.29, 1.82) is 0 Å². The molecule has 1 aliphatic heterocycles. The molecule has 0 aromatic carbocycles. The van der Waals surface area contributed by atoms with Gasteiger partial charge >= 0.3 is 5.97 Å². The van der Waals surface area contributed by atoms with Crippen LogP contribution in [-0.2, 0) is 14.3 Å². The molecule has 9 nitrogen and oxygen atoms in total. The number of aliphatic hydroxyl groups excluding tert-OH is 3. The molecule has 0 amide bonds. The van der Waals surface area contributed by atoms with Gasteiger partial charge < -0.3 is 34.7 Å². The minimum atomic E-state index is -1.19. The molecule has 1 aromatic rings. The highest BCUT2D eigenvalue weighted by molar-refractivity contribution is 5.88. The Morgan fingerprint density at radius 2 is 2.00 bits per heavy atom. The lowest BCUT2D eigenvalue weighted by Crippen LogP contribution is -2.46. The van der Waals surface area contributed by atoms with E-state index >= 15 is 0 Å². The highest BCUT2D eigenvalue weighted by Crippen LogP contribution is 2.25. The average molecular weight is 343 g/mol. The molecular formula is C15H21NO8. The molecule has 0 unspecified atom stereocenters. The van der Waals surface area contributed by atoms with E-state index in [4.69, 9.17) is 24.5 Å². The van der Waals surface area contributed by atoms with Crippen LogP contribution in [0.2, 0.25) is 0 Å². The van der Waals surface area contributed by atoms with E-state index in [0.29, 0.717) is 5.56 Å². The van der Waals surface area contributed by atoms with Gasteiger partial charge in [0.25, 0.3) is 6.23 Å². The predicted molar refractivity (Wildman–Crippen MR) is 76.3 cm³/mol. The maximum absolute atomic E-state index is 11.6. The second-order valence-electron chi connectivity index (χ2n) is 4.98. The van der Waals surface area contributed by atoms with Gasteiger partial charge in [0.15, 0.2) is 18.5 Å². The van der Waals surface area contributed by atoms with Crippen LogP contribution in [0.15, 0.2) is 24.5 Å². The number of carbonyl (C=O) groups excluding carboxylic acids is 2. The standard InChI is InChI=1S/C13H18NO6.C2H4O2/c1-2-19-13(18)8-4-3-5-14(6-8)12-11(17)10(16)9(7-15)20-12;1-2(3)4/h3-6,9-12,15-17H,2,7H2,1H3;1H3,(H,3,4)/q+1;/p-1/t9-,10-,11-,12-;/m1./s1. The zero-order valence-corrected chi connectivity index (χ0v) is 13.4. The molecule has 0 bridgehead atoms. The van der Waals surface area contributed by atoms with Gasteiger partial charge in [0.05, 0.1) is 13.2 Å². The van der Waals surface area contributed by atoms with Crippen molar-refractivity contribution in [1.82, 2.24) is 0 Å². The smallest absolute Gasteiger partial charge is 0.344 e. The van der Waals surface area contributed by atoms with E-state index < -0.39 is 43.1 Å². The number of nitrogens with zero attached hydrogens (tertiary/aromatic N) is 1. The lowest BCUT2D eigenvalue weighted by molar-refractivity contribution is -0.765. The fourth-order valence-corrected chi connectivity index (χ4v) is 2.11. The third kappa shape index (κ3) is 5.24. The first kappa shape index (κ1) is 20.0. The number of pyridine rings is 1. The minimum absolute atomic E-state index is 0.265. The highest BCUT2D eigenvalue weighted by Gasteiger charge is 2.48. The molecule has 0 spiro atoms. The topological polar surface area (TPSA) is 140 Å². The van der Waals surface area contributed by atoms with Crippen LogP contribution >= 0.6 is 0 Å². The summed E-state index contributed by atoms with van der Waals surface area (Å²) < 4.78 is 11.7. The number of ether oxygens (including phenoxy) is 2. The Hall–Kier alpha value is -2.07. The van der Waals surface area contributed by atoms with Crippen molar-refractivity contribution in [3.63, 3.8) is 0 Å². The largest absolute Gasteiger partial charge is 0.550 e. The first-order valence-corrected chi connectivity index (χ1v) is 7.29. The molecule has 2 heterocycles. The van der Waals surface area contributed by atoms with Crippen LogP contribution < -0.4 is 9.67 Å². The lowest BCUT2D eigenvalue weighted by Gasteiger charge is -2.10. The molecule has 0 saturated carbocycles. The SMILES string of the molecule is CC(=O)[O-].CCOC(=O)c1ccc[n+]([C@@H]2O[C@H](CO)[C@@H](O)[C@H]2O)c1. The first-order valence-electron chi connectivity index (χ1n) is 7.29. The Morgan fingerprint density at radius 3 is 2.50 bits per heavy atom. The highest BCUT2D eigenvalue weighted by atomic mass is 16.6. The number of aliphatic carboxylic acids is 1. The Balaban J connectivity index is 0.000000648. The van der Waals surface area contributed by atoms with Gasteiger partial charge in [0.1, 0.15) is 17.8 Å². The van der Waals surface area contributed by atoms with Crippen molar-refractivity contribution in [3.8, 4) is 0 Å². The molecule has 4 atom stereocenters. The van der Waals surface area contributed by atoms with Gasteiger partial charge in [-0.05, 0) is 19.9 Å². The third-order valence-corrected chi connectivity index (χ3v) is 3.14. The van der Waals surface area contributed by atoms with E-state index in [9.17, 15) is 15.0 Å². The molecule has 1 aromatic heterocycles. The van der Waals surface area contributed by atoms with Gasteiger partial charge in [-0.15, -0.1) is 0 Å². The van der Waals surface area contributed by atoms with E-state index in [1.165, 1.54) is 10.8 Å². The molecule has 0 aliphatic carbocycles. The van der Waals surface area contributed by atoms with Gasteiger partial charge in [-0.2, -0.15) is 4.57 Å². The molecule has 0 radical (unpaired) electrons. The van der Waals surface area contributed by atoms with Gasteiger partial charge in [-0.25, -0.2) is 4.79 Å². The number of hydrogen-bond donors (Lipinski definition) is 3. The minimum Gasteiger partial charge on any atom is -0.550 e. The number of carbonyl (C=O) groups is 2. The Bertz CT molecular complexity index is 560. The molecule has 2 rings (SSSR count). The summed E-state index contributed by atoms with van der Waals surface area (Å²) in [7, 11) is 0. The van der Waals surface area contributed by atoms with Crippen LogP contribution in [-0.4, -0.2) is 58.8 Å². The molecule has 24 heavy (non-hydrogen) atoms.